The second-order valence-electron chi connectivity index (χ2n) is 7.19. The van der Waals surface area contributed by atoms with Gasteiger partial charge in [-0.05, 0) is 43.2 Å². The lowest BCUT2D eigenvalue weighted by Crippen LogP contribution is -2.41. The predicted octanol–water partition coefficient (Wildman–Crippen LogP) is 2.75. The zero-order valence-corrected chi connectivity index (χ0v) is 15.2. The van der Waals surface area contributed by atoms with Gasteiger partial charge in [0.05, 0.1) is 11.0 Å². The quantitative estimate of drug-likeness (QED) is 0.821. The van der Waals surface area contributed by atoms with Crippen molar-refractivity contribution in [2.75, 3.05) is 12.8 Å². The Morgan fingerprint density at radius 3 is 2.50 bits per heavy atom. The van der Waals surface area contributed by atoms with Gasteiger partial charge in [-0.15, -0.1) is 0 Å². The summed E-state index contributed by atoms with van der Waals surface area (Å²) in [6, 6.07) is 8.56. The monoisotopic (exact) mass is 349 g/mol. The van der Waals surface area contributed by atoms with Crippen molar-refractivity contribution in [1.29, 1.82) is 0 Å². The Morgan fingerprint density at radius 1 is 1.12 bits per heavy atom. The standard InChI is InChI=1S/C19H27NO3S/c1-20(17-11-10-15-6-2-3-7-16(15)14-17)19(21)12-13-24(22,23)18-8-4-5-9-18/h2-3,6-7,17-18H,4-5,8-14H2,1H3. The van der Waals surface area contributed by atoms with Crippen LogP contribution in [-0.2, 0) is 27.5 Å². The summed E-state index contributed by atoms with van der Waals surface area (Å²) in [5.41, 5.74) is 2.69. The number of hydrogen-bond donors (Lipinski definition) is 0. The Hall–Kier alpha value is -1.36. The van der Waals surface area contributed by atoms with E-state index in [0.29, 0.717) is 0 Å². The van der Waals surface area contributed by atoms with Gasteiger partial charge in [0.25, 0.3) is 0 Å². The summed E-state index contributed by atoms with van der Waals surface area (Å²) in [5.74, 6) is -0.0367. The van der Waals surface area contributed by atoms with E-state index >= 15 is 0 Å². The van der Waals surface area contributed by atoms with Crippen molar-refractivity contribution in [3.8, 4) is 0 Å². The Balaban J connectivity index is 1.55. The fourth-order valence-electron chi connectivity index (χ4n) is 4.03. The molecule has 0 bridgehead atoms. The molecule has 1 atom stereocenters. The molecule has 0 heterocycles. The first-order valence-corrected chi connectivity index (χ1v) is 10.7. The van der Waals surface area contributed by atoms with E-state index in [4.69, 9.17) is 0 Å². The van der Waals surface area contributed by atoms with Crippen molar-refractivity contribution in [1.82, 2.24) is 4.90 Å². The van der Waals surface area contributed by atoms with Gasteiger partial charge in [-0.1, -0.05) is 37.1 Å². The van der Waals surface area contributed by atoms with Crippen LogP contribution >= 0.6 is 0 Å². The molecule has 4 nitrogen and oxygen atoms in total. The smallest absolute Gasteiger partial charge is 0.223 e. The minimum Gasteiger partial charge on any atom is -0.342 e. The molecule has 0 spiro atoms. The molecule has 1 unspecified atom stereocenters. The number of benzene rings is 1. The molecule has 0 aliphatic heterocycles. The van der Waals surface area contributed by atoms with E-state index in [2.05, 4.69) is 18.2 Å². The van der Waals surface area contributed by atoms with Gasteiger partial charge in [0.1, 0.15) is 0 Å². The normalized spacial score (nSPS) is 21.5. The van der Waals surface area contributed by atoms with E-state index in [1.165, 1.54) is 11.1 Å². The maximum Gasteiger partial charge on any atom is 0.223 e. The molecule has 1 saturated carbocycles. The number of sulfone groups is 1. The first-order chi connectivity index (χ1) is 11.5. The zero-order chi connectivity index (χ0) is 17.2. The molecule has 1 amide bonds. The lowest BCUT2D eigenvalue weighted by atomic mass is 9.87. The zero-order valence-electron chi connectivity index (χ0n) is 14.4. The minimum absolute atomic E-state index is 0.00411. The Labute approximate surface area is 145 Å². The lowest BCUT2D eigenvalue weighted by Gasteiger charge is -2.32. The maximum atomic E-state index is 12.5. The number of rotatable bonds is 5. The van der Waals surface area contributed by atoms with E-state index in [9.17, 15) is 13.2 Å². The number of carbonyl (C=O) groups excluding carboxylic acids is 1. The topological polar surface area (TPSA) is 54.5 Å². The number of hydrogen-bond acceptors (Lipinski definition) is 3. The van der Waals surface area contributed by atoms with Crippen LogP contribution in [0, 0.1) is 0 Å². The van der Waals surface area contributed by atoms with Crippen LogP contribution in [0.3, 0.4) is 0 Å². The Bertz CT molecular complexity index is 692. The number of amides is 1. The third kappa shape index (κ3) is 3.82. The summed E-state index contributed by atoms with van der Waals surface area (Å²) < 4.78 is 24.7. The molecule has 3 rings (SSSR count). The highest BCUT2D eigenvalue weighted by molar-refractivity contribution is 7.92. The molecule has 0 radical (unpaired) electrons. The SMILES string of the molecule is CN(C(=O)CCS(=O)(=O)C1CCCC1)C1CCc2ccccc2C1. The van der Waals surface area contributed by atoms with Crippen molar-refractivity contribution in [3.63, 3.8) is 0 Å². The third-order valence-electron chi connectivity index (χ3n) is 5.67. The van der Waals surface area contributed by atoms with Crippen LogP contribution in [0.2, 0.25) is 0 Å². The van der Waals surface area contributed by atoms with Crippen LogP contribution in [0.25, 0.3) is 0 Å². The molecule has 2 aliphatic carbocycles. The minimum atomic E-state index is -3.12. The Kier molecular flexibility index (Phi) is 5.28. The van der Waals surface area contributed by atoms with E-state index in [1.807, 2.05) is 13.1 Å². The van der Waals surface area contributed by atoms with Crippen LogP contribution < -0.4 is 0 Å². The van der Waals surface area contributed by atoms with Gasteiger partial charge >= 0.3 is 0 Å². The average molecular weight is 349 g/mol. The maximum absolute atomic E-state index is 12.5. The highest BCUT2D eigenvalue weighted by atomic mass is 32.2. The summed E-state index contributed by atoms with van der Waals surface area (Å²) in [5, 5.41) is -0.211. The first kappa shape index (κ1) is 17.5. The van der Waals surface area contributed by atoms with Crippen LogP contribution in [-0.4, -0.2) is 43.3 Å². The molecular formula is C19H27NO3S. The Morgan fingerprint density at radius 2 is 1.79 bits per heavy atom. The van der Waals surface area contributed by atoms with Gasteiger partial charge in [0.2, 0.25) is 5.91 Å². The highest BCUT2D eigenvalue weighted by Crippen LogP contribution is 2.27. The van der Waals surface area contributed by atoms with Gasteiger partial charge in [-0.25, -0.2) is 8.42 Å². The molecule has 24 heavy (non-hydrogen) atoms. The van der Waals surface area contributed by atoms with Crippen molar-refractivity contribution in [2.24, 2.45) is 0 Å². The number of nitrogens with zero attached hydrogens (tertiary/aromatic N) is 1. The second kappa shape index (κ2) is 7.26. The molecule has 2 aliphatic rings. The summed E-state index contributed by atoms with van der Waals surface area (Å²) in [6.45, 7) is 0. The summed E-state index contributed by atoms with van der Waals surface area (Å²) >= 11 is 0. The number of fused-ring (bicyclic) bond motifs is 1. The highest BCUT2D eigenvalue weighted by Gasteiger charge is 2.30. The van der Waals surface area contributed by atoms with Gasteiger partial charge in [0.15, 0.2) is 9.84 Å². The average Bonchev–Trinajstić information content (AvgIpc) is 3.14. The van der Waals surface area contributed by atoms with E-state index in [-0.39, 0.29) is 29.4 Å². The fraction of sp³-hybridized carbons (Fsp3) is 0.632. The van der Waals surface area contributed by atoms with Crippen LogP contribution in [0.4, 0.5) is 0 Å². The summed E-state index contributed by atoms with van der Waals surface area (Å²) in [7, 11) is -1.29. The van der Waals surface area contributed by atoms with Gasteiger partial charge in [-0.2, -0.15) is 0 Å². The summed E-state index contributed by atoms with van der Waals surface area (Å²) in [6.07, 6.45) is 6.46. The molecule has 5 heteroatoms. The van der Waals surface area contributed by atoms with Crippen molar-refractivity contribution >= 4 is 15.7 Å². The fourth-order valence-corrected chi connectivity index (χ4v) is 5.88. The number of carbonyl (C=O) groups is 1. The van der Waals surface area contributed by atoms with E-state index in [1.54, 1.807) is 4.90 Å². The van der Waals surface area contributed by atoms with Crippen molar-refractivity contribution < 1.29 is 13.2 Å². The van der Waals surface area contributed by atoms with Gasteiger partial charge in [-0.3, -0.25) is 4.79 Å². The molecule has 1 aromatic carbocycles. The van der Waals surface area contributed by atoms with E-state index in [0.717, 1.165) is 44.9 Å². The second-order valence-corrected chi connectivity index (χ2v) is 9.59. The third-order valence-corrected chi connectivity index (χ3v) is 7.93. The van der Waals surface area contributed by atoms with Gasteiger partial charge in [0, 0.05) is 19.5 Å². The number of likely N-dealkylation sites (N-methyl/N-ethyl adjacent to an activating group) is 1. The van der Waals surface area contributed by atoms with Crippen LogP contribution in [0.15, 0.2) is 24.3 Å². The van der Waals surface area contributed by atoms with Gasteiger partial charge < -0.3 is 4.90 Å². The summed E-state index contributed by atoms with van der Waals surface area (Å²) in [4.78, 5) is 14.3. The molecule has 0 N–H and O–H groups in total. The first-order valence-electron chi connectivity index (χ1n) is 9.01. The predicted molar refractivity (Wildman–Crippen MR) is 95.7 cm³/mol. The molecule has 1 aromatic rings. The molecule has 132 valence electrons. The molecule has 0 aromatic heterocycles. The number of aryl methyl sites for hydroxylation is 1. The largest absolute Gasteiger partial charge is 0.342 e. The molecular weight excluding hydrogens is 322 g/mol. The van der Waals surface area contributed by atoms with Crippen molar-refractivity contribution in [2.45, 2.75) is 62.7 Å². The van der Waals surface area contributed by atoms with E-state index < -0.39 is 9.84 Å². The molecule has 0 saturated heterocycles. The van der Waals surface area contributed by atoms with Crippen LogP contribution in [0.1, 0.15) is 49.7 Å². The van der Waals surface area contributed by atoms with Crippen molar-refractivity contribution in [3.05, 3.63) is 35.4 Å². The lowest BCUT2D eigenvalue weighted by molar-refractivity contribution is -0.131. The molecule has 1 fully saturated rings. The van der Waals surface area contributed by atoms with Crippen LogP contribution in [0.5, 0.6) is 0 Å².